The maximum absolute atomic E-state index is 12.0. The highest BCUT2D eigenvalue weighted by Crippen LogP contribution is 2.16. The minimum absolute atomic E-state index is 0.290. The molecular formula is C20H22N4O5. The zero-order valence-electron chi connectivity index (χ0n) is 15.9. The molecule has 2 aromatic rings. The monoisotopic (exact) mass is 398 g/mol. The third-order valence-electron chi connectivity index (χ3n) is 3.45. The molecule has 152 valence electrons. The van der Waals surface area contributed by atoms with Crippen molar-refractivity contribution in [1.29, 1.82) is 0 Å². The first kappa shape index (κ1) is 21.4. The molecule has 9 heteroatoms. The fraction of sp³-hybridized carbons (Fsp3) is 0.200. The first-order valence-corrected chi connectivity index (χ1v) is 8.87. The molecule has 0 aliphatic rings. The molecule has 29 heavy (non-hydrogen) atoms. The first-order chi connectivity index (χ1) is 14.0. The van der Waals surface area contributed by atoms with Crippen molar-refractivity contribution in [2.24, 2.45) is 10.8 Å². The summed E-state index contributed by atoms with van der Waals surface area (Å²) in [6, 6.07) is 13.4. The fourth-order valence-corrected chi connectivity index (χ4v) is 2.12. The standard InChI is InChI=1S/C20H22N4O5/c1-2-11-28-16-9-7-15(8-10-16)23-19(26)20(27)24-22-12-14-5-3-4-6-17(14)29-13-18(21)25/h3-10,12H,2,11,13H2,1H3,(H2,21,25)(H,23,26)(H,24,27)/b22-12-. The lowest BCUT2D eigenvalue weighted by atomic mass is 10.2. The average molecular weight is 398 g/mol. The molecule has 0 atom stereocenters. The average Bonchev–Trinajstić information content (AvgIpc) is 2.72. The topological polar surface area (TPSA) is 132 Å². The van der Waals surface area contributed by atoms with E-state index in [0.29, 0.717) is 29.4 Å². The second-order valence-corrected chi connectivity index (χ2v) is 5.82. The number of primary amides is 1. The van der Waals surface area contributed by atoms with Crippen LogP contribution in [0.3, 0.4) is 0 Å². The van der Waals surface area contributed by atoms with E-state index in [-0.39, 0.29) is 6.61 Å². The van der Waals surface area contributed by atoms with Gasteiger partial charge in [-0.1, -0.05) is 19.1 Å². The molecule has 0 aliphatic heterocycles. The van der Waals surface area contributed by atoms with Crippen LogP contribution in [0.15, 0.2) is 53.6 Å². The number of rotatable bonds is 9. The first-order valence-electron chi connectivity index (χ1n) is 8.87. The quantitative estimate of drug-likeness (QED) is 0.334. The van der Waals surface area contributed by atoms with Crippen molar-refractivity contribution in [2.75, 3.05) is 18.5 Å². The van der Waals surface area contributed by atoms with Crippen LogP contribution in [0.2, 0.25) is 0 Å². The molecule has 0 fully saturated rings. The van der Waals surface area contributed by atoms with Crippen LogP contribution in [0.4, 0.5) is 5.69 Å². The van der Waals surface area contributed by atoms with E-state index in [4.69, 9.17) is 15.2 Å². The molecule has 0 heterocycles. The maximum Gasteiger partial charge on any atom is 0.329 e. The van der Waals surface area contributed by atoms with Crippen molar-refractivity contribution in [2.45, 2.75) is 13.3 Å². The van der Waals surface area contributed by atoms with Crippen molar-refractivity contribution in [1.82, 2.24) is 5.43 Å². The smallest absolute Gasteiger partial charge is 0.329 e. The van der Waals surface area contributed by atoms with Gasteiger partial charge in [0.05, 0.1) is 12.8 Å². The number of hydrogen-bond donors (Lipinski definition) is 3. The summed E-state index contributed by atoms with van der Waals surface area (Å²) in [5, 5.41) is 6.20. The predicted octanol–water partition coefficient (Wildman–Crippen LogP) is 1.43. The van der Waals surface area contributed by atoms with Crippen LogP contribution in [0, 0.1) is 0 Å². The van der Waals surface area contributed by atoms with Crippen molar-refractivity contribution >= 4 is 29.6 Å². The summed E-state index contributed by atoms with van der Waals surface area (Å²) < 4.78 is 10.7. The summed E-state index contributed by atoms with van der Waals surface area (Å²) in [5.41, 5.74) is 8.12. The molecule has 0 bridgehead atoms. The summed E-state index contributed by atoms with van der Waals surface area (Å²) in [7, 11) is 0. The Kier molecular flexibility index (Phi) is 8.18. The van der Waals surface area contributed by atoms with E-state index in [1.54, 1.807) is 48.5 Å². The molecule has 2 aromatic carbocycles. The summed E-state index contributed by atoms with van der Waals surface area (Å²) >= 11 is 0. The lowest BCUT2D eigenvalue weighted by Gasteiger charge is -2.07. The number of carbonyl (C=O) groups is 3. The summed E-state index contributed by atoms with van der Waals surface area (Å²) in [4.78, 5) is 34.7. The van der Waals surface area contributed by atoms with Gasteiger partial charge in [0, 0.05) is 11.3 Å². The third kappa shape index (κ3) is 7.33. The second-order valence-electron chi connectivity index (χ2n) is 5.82. The Morgan fingerprint density at radius 2 is 1.76 bits per heavy atom. The number of carbonyl (C=O) groups excluding carboxylic acids is 3. The fourth-order valence-electron chi connectivity index (χ4n) is 2.12. The highest BCUT2D eigenvalue weighted by atomic mass is 16.5. The van der Waals surface area contributed by atoms with E-state index in [2.05, 4.69) is 15.8 Å². The normalized spacial score (nSPS) is 10.4. The minimum Gasteiger partial charge on any atom is -0.494 e. The van der Waals surface area contributed by atoms with Gasteiger partial charge in [0.25, 0.3) is 5.91 Å². The van der Waals surface area contributed by atoms with Gasteiger partial charge in [-0.25, -0.2) is 5.43 Å². The van der Waals surface area contributed by atoms with Gasteiger partial charge in [-0.2, -0.15) is 5.10 Å². The SMILES string of the molecule is CCCOc1ccc(NC(=O)C(=O)N/N=C\c2ccccc2OCC(N)=O)cc1. The molecule has 3 amide bonds. The molecule has 2 rings (SSSR count). The van der Waals surface area contributed by atoms with E-state index < -0.39 is 17.7 Å². The predicted molar refractivity (Wildman–Crippen MR) is 108 cm³/mol. The number of anilines is 1. The molecule has 4 N–H and O–H groups in total. The van der Waals surface area contributed by atoms with Gasteiger partial charge in [0.1, 0.15) is 11.5 Å². The van der Waals surface area contributed by atoms with E-state index in [0.717, 1.165) is 6.42 Å². The van der Waals surface area contributed by atoms with Crippen molar-refractivity contribution in [3.8, 4) is 11.5 Å². The molecule has 0 saturated carbocycles. The highest BCUT2D eigenvalue weighted by Gasteiger charge is 2.13. The zero-order valence-corrected chi connectivity index (χ0v) is 15.9. The maximum atomic E-state index is 12.0. The molecular weight excluding hydrogens is 376 g/mol. The van der Waals surface area contributed by atoms with Gasteiger partial charge >= 0.3 is 11.8 Å². The van der Waals surface area contributed by atoms with Crippen molar-refractivity contribution in [3.05, 3.63) is 54.1 Å². The van der Waals surface area contributed by atoms with E-state index in [1.807, 2.05) is 6.92 Å². The minimum atomic E-state index is -0.942. The number of benzene rings is 2. The number of nitrogens with zero attached hydrogens (tertiary/aromatic N) is 1. The van der Waals surface area contributed by atoms with Crippen molar-refractivity contribution < 1.29 is 23.9 Å². The number of hydrogen-bond acceptors (Lipinski definition) is 6. The summed E-state index contributed by atoms with van der Waals surface area (Å²) in [6.07, 6.45) is 2.18. The molecule has 0 unspecified atom stereocenters. The van der Waals surface area contributed by atoms with Crippen LogP contribution in [-0.4, -0.2) is 37.1 Å². The van der Waals surface area contributed by atoms with Crippen LogP contribution in [0.5, 0.6) is 11.5 Å². The third-order valence-corrected chi connectivity index (χ3v) is 3.45. The van der Waals surface area contributed by atoms with Gasteiger partial charge < -0.3 is 20.5 Å². The van der Waals surface area contributed by atoms with Gasteiger partial charge in [-0.3, -0.25) is 14.4 Å². The lowest BCUT2D eigenvalue weighted by molar-refractivity contribution is -0.136. The van der Waals surface area contributed by atoms with Crippen LogP contribution in [-0.2, 0) is 14.4 Å². The number of hydrazone groups is 1. The van der Waals surface area contributed by atoms with Crippen LogP contribution < -0.4 is 25.9 Å². The van der Waals surface area contributed by atoms with Gasteiger partial charge in [-0.05, 0) is 42.8 Å². The highest BCUT2D eigenvalue weighted by molar-refractivity contribution is 6.39. The number of nitrogens with two attached hydrogens (primary N) is 1. The lowest BCUT2D eigenvalue weighted by Crippen LogP contribution is -2.32. The second kappa shape index (κ2) is 11.1. The van der Waals surface area contributed by atoms with E-state index in [1.165, 1.54) is 6.21 Å². The Balaban J connectivity index is 1.88. The van der Waals surface area contributed by atoms with Gasteiger partial charge in [0.15, 0.2) is 6.61 Å². The molecule has 9 nitrogen and oxygen atoms in total. The van der Waals surface area contributed by atoms with Crippen molar-refractivity contribution in [3.63, 3.8) is 0 Å². The Labute approximate surface area is 167 Å². The Bertz CT molecular complexity index is 881. The Morgan fingerprint density at radius 3 is 2.45 bits per heavy atom. The molecule has 0 spiro atoms. The Morgan fingerprint density at radius 1 is 1.03 bits per heavy atom. The van der Waals surface area contributed by atoms with Gasteiger partial charge in [-0.15, -0.1) is 0 Å². The number of para-hydroxylation sites is 1. The molecule has 0 saturated heterocycles. The van der Waals surface area contributed by atoms with E-state index >= 15 is 0 Å². The number of nitrogens with one attached hydrogen (secondary N) is 2. The molecule has 0 aliphatic carbocycles. The summed E-state index contributed by atoms with van der Waals surface area (Å²) in [5.74, 6) is -1.40. The molecule has 0 aromatic heterocycles. The van der Waals surface area contributed by atoms with Crippen LogP contribution >= 0.6 is 0 Å². The van der Waals surface area contributed by atoms with Crippen LogP contribution in [0.1, 0.15) is 18.9 Å². The number of amides is 3. The zero-order chi connectivity index (χ0) is 21.1. The number of ether oxygens (including phenoxy) is 2. The van der Waals surface area contributed by atoms with Crippen LogP contribution in [0.25, 0.3) is 0 Å². The van der Waals surface area contributed by atoms with E-state index in [9.17, 15) is 14.4 Å². The molecule has 0 radical (unpaired) electrons. The summed E-state index contributed by atoms with van der Waals surface area (Å²) in [6.45, 7) is 2.31. The Hall–Kier alpha value is -3.88. The van der Waals surface area contributed by atoms with Gasteiger partial charge in [0.2, 0.25) is 0 Å². The largest absolute Gasteiger partial charge is 0.494 e.